The third-order valence-electron chi connectivity index (χ3n) is 3.03. The Bertz CT molecular complexity index is 353. The molecule has 0 fully saturated rings. The SMILES string of the molecule is CCC(c1cccc(CC(F)(F)F)c1)C(C)C. The number of hydrogen-bond acceptors (Lipinski definition) is 0. The molecule has 96 valence electrons. The highest BCUT2D eigenvalue weighted by Crippen LogP contribution is 2.29. The molecule has 1 unspecified atom stereocenters. The summed E-state index contributed by atoms with van der Waals surface area (Å²) >= 11 is 0. The molecule has 1 aromatic carbocycles. The van der Waals surface area contributed by atoms with Gasteiger partial charge in [0.05, 0.1) is 6.42 Å². The van der Waals surface area contributed by atoms with Crippen LogP contribution in [0.15, 0.2) is 24.3 Å². The number of hydrogen-bond donors (Lipinski definition) is 0. The van der Waals surface area contributed by atoms with E-state index in [9.17, 15) is 13.2 Å². The Balaban J connectivity index is 2.92. The van der Waals surface area contributed by atoms with Crippen molar-refractivity contribution in [1.82, 2.24) is 0 Å². The van der Waals surface area contributed by atoms with Gasteiger partial charge in [0.2, 0.25) is 0 Å². The van der Waals surface area contributed by atoms with Crippen molar-refractivity contribution < 1.29 is 13.2 Å². The summed E-state index contributed by atoms with van der Waals surface area (Å²) < 4.78 is 36.9. The highest BCUT2D eigenvalue weighted by Gasteiger charge is 2.27. The third kappa shape index (κ3) is 4.41. The molecule has 0 saturated carbocycles. The van der Waals surface area contributed by atoms with Gasteiger partial charge in [0.1, 0.15) is 0 Å². The standard InChI is InChI=1S/C14H19F3/c1-4-13(10(2)3)12-7-5-6-11(8-12)9-14(15,16)17/h5-8,10,13H,4,9H2,1-3H3. The fourth-order valence-electron chi connectivity index (χ4n) is 2.26. The quantitative estimate of drug-likeness (QED) is 0.703. The van der Waals surface area contributed by atoms with Gasteiger partial charge in [0.25, 0.3) is 0 Å². The molecule has 0 nitrogen and oxygen atoms in total. The molecule has 3 heteroatoms. The van der Waals surface area contributed by atoms with E-state index >= 15 is 0 Å². The van der Waals surface area contributed by atoms with Crippen LogP contribution < -0.4 is 0 Å². The Morgan fingerprint density at radius 2 is 1.82 bits per heavy atom. The normalized spacial score (nSPS) is 14.1. The molecule has 17 heavy (non-hydrogen) atoms. The molecule has 0 bridgehead atoms. The van der Waals surface area contributed by atoms with Gasteiger partial charge in [0.15, 0.2) is 0 Å². The summed E-state index contributed by atoms with van der Waals surface area (Å²) in [7, 11) is 0. The predicted molar refractivity (Wildman–Crippen MR) is 64.1 cm³/mol. The second-order valence-electron chi connectivity index (χ2n) is 4.80. The minimum absolute atomic E-state index is 0.336. The molecule has 0 spiro atoms. The Kier molecular flexibility index (Phi) is 4.61. The molecule has 0 saturated heterocycles. The molecule has 0 aromatic heterocycles. The molecule has 0 radical (unpaired) electrons. The fraction of sp³-hybridized carbons (Fsp3) is 0.571. The lowest BCUT2D eigenvalue weighted by Gasteiger charge is -2.20. The summed E-state index contributed by atoms with van der Waals surface area (Å²) in [5.41, 5.74) is 1.37. The van der Waals surface area contributed by atoms with Crippen molar-refractivity contribution in [2.45, 2.75) is 45.7 Å². The first-order chi connectivity index (χ1) is 7.83. The average Bonchev–Trinajstić information content (AvgIpc) is 2.15. The third-order valence-corrected chi connectivity index (χ3v) is 3.03. The number of rotatable bonds is 4. The zero-order valence-electron chi connectivity index (χ0n) is 10.5. The van der Waals surface area contributed by atoms with E-state index in [4.69, 9.17) is 0 Å². The molecule has 1 rings (SSSR count). The van der Waals surface area contributed by atoms with Gasteiger partial charge in [-0.25, -0.2) is 0 Å². The fourth-order valence-corrected chi connectivity index (χ4v) is 2.26. The molecule has 0 amide bonds. The summed E-state index contributed by atoms with van der Waals surface area (Å²) in [6, 6.07) is 6.89. The molecular weight excluding hydrogens is 225 g/mol. The molecule has 0 N–H and O–H groups in total. The van der Waals surface area contributed by atoms with E-state index in [0.717, 1.165) is 12.0 Å². The maximum Gasteiger partial charge on any atom is 0.393 e. The zero-order chi connectivity index (χ0) is 13.1. The Morgan fingerprint density at radius 1 is 1.18 bits per heavy atom. The van der Waals surface area contributed by atoms with Crippen molar-refractivity contribution in [3.8, 4) is 0 Å². The van der Waals surface area contributed by atoms with Crippen molar-refractivity contribution in [3.05, 3.63) is 35.4 Å². The molecule has 0 aliphatic rings. The monoisotopic (exact) mass is 244 g/mol. The van der Waals surface area contributed by atoms with Gasteiger partial charge in [-0.05, 0) is 29.4 Å². The number of halogens is 3. The Hall–Kier alpha value is -0.990. The zero-order valence-corrected chi connectivity index (χ0v) is 10.5. The van der Waals surface area contributed by atoms with Gasteiger partial charge < -0.3 is 0 Å². The van der Waals surface area contributed by atoms with Crippen LogP contribution in [0.4, 0.5) is 13.2 Å². The summed E-state index contributed by atoms with van der Waals surface area (Å²) in [6.07, 6.45) is -4.01. The van der Waals surface area contributed by atoms with E-state index in [1.54, 1.807) is 18.2 Å². The van der Waals surface area contributed by atoms with E-state index in [1.807, 2.05) is 6.07 Å². The van der Waals surface area contributed by atoms with Crippen molar-refractivity contribution in [1.29, 1.82) is 0 Å². The van der Waals surface area contributed by atoms with Crippen molar-refractivity contribution >= 4 is 0 Å². The van der Waals surface area contributed by atoms with Crippen LogP contribution >= 0.6 is 0 Å². The first-order valence-corrected chi connectivity index (χ1v) is 5.99. The minimum Gasteiger partial charge on any atom is -0.171 e. The van der Waals surface area contributed by atoms with Gasteiger partial charge in [-0.2, -0.15) is 13.2 Å². The maximum absolute atomic E-state index is 12.3. The topological polar surface area (TPSA) is 0 Å². The average molecular weight is 244 g/mol. The van der Waals surface area contributed by atoms with Gasteiger partial charge in [-0.1, -0.05) is 45.0 Å². The van der Waals surface area contributed by atoms with Gasteiger partial charge in [-0.3, -0.25) is 0 Å². The van der Waals surface area contributed by atoms with Crippen molar-refractivity contribution in [2.24, 2.45) is 5.92 Å². The lowest BCUT2D eigenvalue weighted by molar-refractivity contribution is -0.127. The van der Waals surface area contributed by atoms with Crippen LogP contribution in [-0.2, 0) is 6.42 Å². The highest BCUT2D eigenvalue weighted by molar-refractivity contribution is 5.27. The van der Waals surface area contributed by atoms with Crippen LogP contribution in [0.5, 0.6) is 0 Å². The number of benzene rings is 1. The van der Waals surface area contributed by atoms with E-state index < -0.39 is 12.6 Å². The van der Waals surface area contributed by atoms with E-state index in [1.165, 1.54) is 0 Å². The molecule has 0 aliphatic carbocycles. The lowest BCUT2D eigenvalue weighted by Crippen LogP contribution is -2.12. The molecule has 1 atom stereocenters. The van der Waals surface area contributed by atoms with E-state index in [0.29, 0.717) is 17.4 Å². The first kappa shape index (κ1) is 14.1. The summed E-state index contributed by atoms with van der Waals surface area (Å²) in [5, 5.41) is 0. The molecule has 0 heterocycles. The second kappa shape index (κ2) is 5.56. The summed E-state index contributed by atoms with van der Waals surface area (Å²) in [4.78, 5) is 0. The van der Waals surface area contributed by atoms with Crippen molar-refractivity contribution in [2.75, 3.05) is 0 Å². The second-order valence-corrected chi connectivity index (χ2v) is 4.80. The smallest absolute Gasteiger partial charge is 0.171 e. The maximum atomic E-state index is 12.3. The predicted octanol–water partition coefficient (Wildman–Crippen LogP) is 4.94. The largest absolute Gasteiger partial charge is 0.393 e. The van der Waals surface area contributed by atoms with Crippen LogP contribution in [0, 0.1) is 5.92 Å². The highest BCUT2D eigenvalue weighted by atomic mass is 19.4. The Morgan fingerprint density at radius 3 is 2.29 bits per heavy atom. The molecular formula is C14H19F3. The summed E-state index contributed by atoms with van der Waals surface area (Å²) in [5.74, 6) is 0.782. The van der Waals surface area contributed by atoms with E-state index in [2.05, 4.69) is 20.8 Å². The van der Waals surface area contributed by atoms with Gasteiger partial charge in [0, 0.05) is 0 Å². The van der Waals surface area contributed by atoms with Crippen LogP contribution in [0.1, 0.15) is 44.2 Å². The number of alkyl halides is 3. The van der Waals surface area contributed by atoms with Crippen LogP contribution in [0.3, 0.4) is 0 Å². The van der Waals surface area contributed by atoms with E-state index in [-0.39, 0.29) is 0 Å². The minimum atomic E-state index is -4.13. The van der Waals surface area contributed by atoms with Crippen LogP contribution in [-0.4, -0.2) is 6.18 Å². The lowest BCUT2D eigenvalue weighted by atomic mass is 9.85. The van der Waals surface area contributed by atoms with Gasteiger partial charge in [-0.15, -0.1) is 0 Å². The first-order valence-electron chi connectivity index (χ1n) is 5.99. The van der Waals surface area contributed by atoms with Crippen molar-refractivity contribution in [3.63, 3.8) is 0 Å². The van der Waals surface area contributed by atoms with Gasteiger partial charge >= 0.3 is 6.18 Å². The van der Waals surface area contributed by atoms with Crippen LogP contribution in [0.2, 0.25) is 0 Å². The molecule has 0 aliphatic heterocycles. The summed E-state index contributed by atoms with van der Waals surface area (Å²) in [6.45, 7) is 6.27. The van der Waals surface area contributed by atoms with Crippen LogP contribution in [0.25, 0.3) is 0 Å². The molecule has 1 aromatic rings. The Labute approximate surface area is 101 Å².